The first-order valence-corrected chi connectivity index (χ1v) is 8.37. The number of halogens is 3. The molecule has 1 heterocycles. The number of hydrogen-bond acceptors (Lipinski definition) is 5. The Morgan fingerprint density at radius 1 is 1.29 bits per heavy atom. The third-order valence-electron chi connectivity index (χ3n) is 2.84. The second kappa shape index (κ2) is 6.37. The molecule has 0 atom stereocenters. The summed E-state index contributed by atoms with van der Waals surface area (Å²) in [5, 5.41) is 9.33. The fourth-order valence-corrected chi connectivity index (χ4v) is 3.47. The minimum Gasteiger partial charge on any atom is -0.476 e. The second-order valence-electron chi connectivity index (χ2n) is 4.46. The molecule has 12 heteroatoms. The predicted octanol–water partition coefficient (Wildman–Crippen LogP) is 2.67. The SMILES string of the molecule is O=C(O)c1csc(N(Cc2ccccc2C(F)(F)F)S(=O)(=O)O)n1. The van der Waals surface area contributed by atoms with E-state index in [1.807, 2.05) is 0 Å². The zero-order valence-corrected chi connectivity index (χ0v) is 13.2. The van der Waals surface area contributed by atoms with Gasteiger partial charge in [0.25, 0.3) is 0 Å². The van der Waals surface area contributed by atoms with Crippen LogP contribution in [0.1, 0.15) is 21.6 Å². The molecule has 0 fully saturated rings. The van der Waals surface area contributed by atoms with Crippen molar-refractivity contribution in [1.82, 2.24) is 4.98 Å². The van der Waals surface area contributed by atoms with Gasteiger partial charge in [-0.1, -0.05) is 18.2 Å². The summed E-state index contributed by atoms with van der Waals surface area (Å²) in [6.45, 7) is -0.860. The van der Waals surface area contributed by atoms with Crippen LogP contribution in [0.3, 0.4) is 0 Å². The van der Waals surface area contributed by atoms with E-state index in [0.29, 0.717) is 11.3 Å². The lowest BCUT2D eigenvalue weighted by Gasteiger charge is -2.20. The van der Waals surface area contributed by atoms with E-state index >= 15 is 0 Å². The van der Waals surface area contributed by atoms with Crippen molar-refractivity contribution < 1.29 is 36.0 Å². The first-order chi connectivity index (χ1) is 11.0. The third kappa shape index (κ3) is 4.01. The number of thiazole rings is 1. The van der Waals surface area contributed by atoms with E-state index in [4.69, 9.17) is 5.11 Å². The molecule has 0 bridgehead atoms. The number of nitrogens with zero attached hydrogens (tertiary/aromatic N) is 2. The van der Waals surface area contributed by atoms with Crippen molar-refractivity contribution in [1.29, 1.82) is 0 Å². The smallest absolute Gasteiger partial charge is 0.416 e. The monoisotopic (exact) mass is 382 g/mol. The molecule has 2 N–H and O–H groups in total. The fourth-order valence-electron chi connectivity index (χ4n) is 1.81. The molecule has 1 aromatic carbocycles. The van der Waals surface area contributed by atoms with Gasteiger partial charge in [-0.25, -0.2) is 14.1 Å². The molecule has 2 rings (SSSR count). The average Bonchev–Trinajstić information content (AvgIpc) is 2.92. The molecular formula is C12H9F3N2O5S2. The van der Waals surface area contributed by atoms with Crippen LogP contribution in [-0.2, 0) is 23.0 Å². The van der Waals surface area contributed by atoms with Crippen molar-refractivity contribution in [2.45, 2.75) is 12.7 Å². The van der Waals surface area contributed by atoms with Crippen molar-refractivity contribution in [3.8, 4) is 0 Å². The summed E-state index contributed by atoms with van der Waals surface area (Å²) in [6, 6.07) is 4.22. The summed E-state index contributed by atoms with van der Waals surface area (Å²) in [5.74, 6) is -1.44. The molecule has 0 radical (unpaired) electrons. The van der Waals surface area contributed by atoms with Crippen LogP contribution in [0.5, 0.6) is 0 Å². The van der Waals surface area contributed by atoms with Crippen LogP contribution in [0.4, 0.5) is 18.3 Å². The number of benzene rings is 1. The first kappa shape index (κ1) is 18.2. The van der Waals surface area contributed by atoms with Gasteiger partial charge in [-0.3, -0.25) is 4.55 Å². The number of anilines is 1. The number of aromatic nitrogens is 1. The standard InChI is InChI=1S/C12H9F3N2O5S2/c13-12(14,15)8-4-2-1-3-7(8)5-17(24(20,21)22)11-16-9(6-23-11)10(18)19/h1-4,6H,5H2,(H,18,19)(H,20,21,22). The van der Waals surface area contributed by atoms with Crippen LogP contribution in [0.2, 0.25) is 0 Å². The zero-order valence-electron chi connectivity index (χ0n) is 11.6. The maximum Gasteiger partial charge on any atom is 0.416 e. The Hall–Kier alpha value is -2.18. The summed E-state index contributed by atoms with van der Waals surface area (Å²) in [5.41, 5.74) is -1.99. The molecule has 130 valence electrons. The highest BCUT2D eigenvalue weighted by atomic mass is 32.2. The molecule has 0 saturated heterocycles. The maximum absolute atomic E-state index is 13.0. The first-order valence-electron chi connectivity index (χ1n) is 6.09. The van der Waals surface area contributed by atoms with Gasteiger partial charge < -0.3 is 5.11 Å². The topological polar surface area (TPSA) is 108 Å². The fraction of sp³-hybridized carbons (Fsp3) is 0.167. The van der Waals surface area contributed by atoms with E-state index in [0.717, 1.165) is 23.6 Å². The molecular weight excluding hydrogens is 373 g/mol. The van der Waals surface area contributed by atoms with Crippen LogP contribution >= 0.6 is 11.3 Å². The van der Waals surface area contributed by atoms with Crippen LogP contribution in [0, 0.1) is 0 Å². The van der Waals surface area contributed by atoms with Crippen molar-refractivity contribution in [2.24, 2.45) is 0 Å². The van der Waals surface area contributed by atoms with Crippen molar-refractivity contribution in [2.75, 3.05) is 4.31 Å². The van der Waals surface area contributed by atoms with Gasteiger partial charge >= 0.3 is 22.4 Å². The molecule has 7 nitrogen and oxygen atoms in total. The van der Waals surface area contributed by atoms with Crippen molar-refractivity contribution >= 4 is 32.7 Å². The predicted molar refractivity (Wildman–Crippen MR) is 78.2 cm³/mol. The summed E-state index contributed by atoms with van der Waals surface area (Å²) in [6.07, 6.45) is -4.73. The van der Waals surface area contributed by atoms with Crippen LogP contribution in [0.25, 0.3) is 0 Å². The van der Waals surface area contributed by atoms with Gasteiger partial charge in [-0.15, -0.1) is 11.3 Å². The number of alkyl halides is 3. The Kier molecular flexibility index (Phi) is 4.82. The second-order valence-corrected chi connectivity index (χ2v) is 6.63. The molecule has 0 aliphatic carbocycles. The number of carboxylic acids is 1. The largest absolute Gasteiger partial charge is 0.476 e. The molecule has 0 spiro atoms. The van der Waals surface area contributed by atoms with Gasteiger partial charge in [-0.05, 0) is 11.6 Å². The van der Waals surface area contributed by atoms with Crippen molar-refractivity contribution in [3.63, 3.8) is 0 Å². The molecule has 0 amide bonds. The molecule has 0 saturated carbocycles. The maximum atomic E-state index is 13.0. The third-order valence-corrected chi connectivity index (χ3v) is 4.68. The quantitative estimate of drug-likeness (QED) is 0.770. The lowest BCUT2D eigenvalue weighted by molar-refractivity contribution is -0.138. The molecule has 0 aliphatic rings. The van der Waals surface area contributed by atoms with Crippen LogP contribution < -0.4 is 4.31 Å². The lowest BCUT2D eigenvalue weighted by Crippen LogP contribution is -2.30. The average molecular weight is 382 g/mol. The van der Waals surface area contributed by atoms with Crippen LogP contribution in [-0.4, -0.2) is 29.0 Å². The lowest BCUT2D eigenvalue weighted by atomic mass is 10.1. The number of hydrogen-bond donors (Lipinski definition) is 2. The van der Waals surface area contributed by atoms with Gasteiger partial charge in [-0.2, -0.15) is 21.6 Å². The van der Waals surface area contributed by atoms with Gasteiger partial charge in [0.1, 0.15) is 0 Å². The number of rotatable bonds is 5. The summed E-state index contributed by atoms with van der Waals surface area (Å²) in [4.78, 5) is 14.3. The summed E-state index contributed by atoms with van der Waals surface area (Å²) >= 11 is 0.559. The van der Waals surface area contributed by atoms with Gasteiger partial charge in [0.2, 0.25) is 5.13 Å². The molecule has 2 aromatic rings. The Morgan fingerprint density at radius 3 is 2.42 bits per heavy atom. The number of aromatic carboxylic acids is 1. The molecule has 0 aliphatic heterocycles. The molecule has 24 heavy (non-hydrogen) atoms. The van der Waals surface area contributed by atoms with Crippen LogP contribution in [0.15, 0.2) is 29.6 Å². The highest BCUT2D eigenvalue weighted by Gasteiger charge is 2.35. The van der Waals surface area contributed by atoms with Gasteiger partial charge in [0.15, 0.2) is 5.69 Å². The van der Waals surface area contributed by atoms with E-state index in [-0.39, 0.29) is 4.31 Å². The summed E-state index contributed by atoms with van der Waals surface area (Å²) < 4.78 is 71.4. The van der Waals surface area contributed by atoms with E-state index in [9.17, 15) is 30.9 Å². The zero-order chi connectivity index (χ0) is 18.1. The van der Waals surface area contributed by atoms with Gasteiger partial charge in [0.05, 0.1) is 12.1 Å². The highest BCUT2D eigenvalue weighted by molar-refractivity contribution is 7.87. The normalized spacial score (nSPS) is 12.2. The Balaban J connectivity index is 2.47. The van der Waals surface area contributed by atoms with Gasteiger partial charge in [0, 0.05) is 5.38 Å². The molecule has 1 aromatic heterocycles. The minimum absolute atomic E-state index is 0.203. The summed E-state index contributed by atoms with van der Waals surface area (Å²) in [7, 11) is -4.97. The van der Waals surface area contributed by atoms with E-state index in [1.165, 1.54) is 6.07 Å². The van der Waals surface area contributed by atoms with Crippen molar-refractivity contribution in [3.05, 3.63) is 46.5 Å². The number of carboxylic acid groups (broad SMARTS) is 1. The van der Waals surface area contributed by atoms with E-state index < -0.39 is 50.9 Å². The van der Waals surface area contributed by atoms with E-state index in [1.54, 1.807) is 0 Å². The molecule has 0 unspecified atom stereocenters. The Labute approximate surface area is 137 Å². The minimum atomic E-state index is -4.97. The Bertz CT molecular complexity index is 864. The highest BCUT2D eigenvalue weighted by Crippen LogP contribution is 2.34. The Morgan fingerprint density at radius 2 is 1.92 bits per heavy atom. The van der Waals surface area contributed by atoms with E-state index in [2.05, 4.69) is 4.98 Å². The number of carbonyl (C=O) groups is 1.